The van der Waals surface area contributed by atoms with Gasteiger partial charge in [0.15, 0.2) is 5.78 Å². The van der Waals surface area contributed by atoms with Gasteiger partial charge in [0.05, 0.1) is 16.3 Å². The highest BCUT2D eigenvalue weighted by molar-refractivity contribution is 7.89. The van der Waals surface area contributed by atoms with Gasteiger partial charge in [-0.1, -0.05) is 48.9 Å². The first kappa shape index (κ1) is 20.0. The van der Waals surface area contributed by atoms with E-state index in [1.54, 1.807) is 12.1 Å². The average molecular weight is 397 g/mol. The van der Waals surface area contributed by atoms with Gasteiger partial charge in [-0.05, 0) is 42.7 Å². The van der Waals surface area contributed by atoms with Crippen LogP contribution in [-0.4, -0.2) is 18.8 Å². The Morgan fingerprint density at radius 3 is 2.00 bits per heavy atom. The molecule has 0 bridgehead atoms. The first-order valence-corrected chi connectivity index (χ1v) is 10.6. The number of carbonyl (C=O) groups excluding carboxylic acids is 1. The van der Waals surface area contributed by atoms with Gasteiger partial charge in [0.1, 0.15) is 0 Å². The monoisotopic (exact) mass is 396 g/mol. The second-order valence-electron chi connectivity index (χ2n) is 6.97. The van der Waals surface area contributed by atoms with Gasteiger partial charge in [0.2, 0.25) is 10.0 Å². The number of benzene rings is 2. The number of nitrogens with two attached hydrogens (primary N) is 1. The lowest BCUT2D eigenvalue weighted by atomic mass is 9.97. The van der Waals surface area contributed by atoms with Crippen molar-refractivity contribution < 1.29 is 13.2 Å². The van der Waals surface area contributed by atoms with Crippen molar-refractivity contribution in [2.24, 2.45) is 12.2 Å². The molecule has 2 aromatic carbocycles. The van der Waals surface area contributed by atoms with Crippen molar-refractivity contribution in [1.82, 2.24) is 4.57 Å². The van der Waals surface area contributed by atoms with Crippen molar-refractivity contribution >= 4 is 15.8 Å². The molecule has 0 saturated carbocycles. The summed E-state index contributed by atoms with van der Waals surface area (Å²) in [6.45, 7) is 5.86. The van der Waals surface area contributed by atoms with Crippen LogP contribution in [0, 0.1) is 13.8 Å². The number of Topliss-reactive ketones (excluding diaryl/α,β-unsaturated/α-hetero) is 1. The number of nitrogens with zero attached hydrogens (tertiary/aromatic N) is 1. The Morgan fingerprint density at radius 2 is 1.50 bits per heavy atom. The molecule has 1 heterocycles. The Morgan fingerprint density at radius 1 is 0.964 bits per heavy atom. The number of aryl methyl sites for hydroxylation is 1. The van der Waals surface area contributed by atoms with E-state index in [0.717, 1.165) is 27.9 Å². The van der Waals surface area contributed by atoms with Gasteiger partial charge in [-0.2, -0.15) is 0 Å². The fourth-order valence-electron chi connectivity index (χ4n) is 3.61. The number of sulfonamides is 1. The van der Waals surface area contributed by atoms with Gasteiger partial charge in [-0.3, -0.25) is 4.79 Å². The van der Waals surface area contributed by atoms with Crippen LogP contribution in [0.3, 0.4) is 0 Å². The molecule has 0 aliphatic carbocycles. The normalized spacial score (nSPS) is 11.6. The van der Waals surface area contributed by atoms with Crippen molar-refractivity contribution in [3.05, 3.63) is 65.4 Å². The summed E-state index contributed by atoms with van der Waals surface area (Å²) in [5, 5.41) is 5.21. The number of carbonyl (C=O) groups is 1. The molecule has 0 aliphatic rings. The molecule has 146 valence electrons. The lowest BCUT2D eigenvalue weighted by Gasteiger charge is -2.08. The van der Waals surface area contributed by atoms with E-state index < -0.39 is 10.0 Å². The molecule has 0 spiro atoms. The third kappa shape index (κ3) is 3.53. The molecule has 3 rings (SSSR count). The lowest BCUT2D eigenvalue weighted by molar-refractivity contribution is 0.0981. The maximum absolute atomic E-state index is 12.8. The topological polar surface area (TPSA) is 82.2 Å². The van der Waals surface area contributed by atoms with Crippen LogP contribution in [0.1, 0.15) is 35.0 Å². The van der Waals surface area contributed by atoms with Crippen LogP contribution >= 0.6 is 0 Å². The van der Waals surface area contributed by atoms with Crippen molar-refractivity contribution in [1.29, 1.82) is 0 Å². The Kier molecular flexibility index (Phi) is 5.28. The highest BCUT2D eigenvalue weighted by Gasteiger charge is 2.24. The highest BCUT2D eigenvalue weighted by Crippen LogP contribution is 2.38. The fourth-order valence-corrected chi connectivity index (χ4v) is 4.12. The minimum atomic E-state index is -3.77. The second kappa shape index (κ2) is 7.37. The van der Waals surface area contributed by atoms with Gasteiger partial charge in [0.25, 0.3) is 0 Å². The summed E-state index contributed by atoms with van der Waals surface area (Å²) in [5.41, 5.74) is 6.39. The molecular formula is C22H24N2O3S. The van der Waals surface area contributed by atoms with E-state index >= 15 is 0 Å². The van der Waals surface area contributed by atoms with E-state index in [4.69, 9.17) is 5.14 Å². The van der Waals surface area contributed by atoms with Gasteiger partial charge in [0, 0.05) is 19.0 Å². The summed E-state index contributed by atoms with van der Waals surface area (Å²) in [6.07, 6.45) is 0.382. The Balaban J connectivity index is 2.27. The second-order valence-corrected chi connectivity index (χ2v) is 8.53. The Hall–Kier alpha value is -2.70. The predicted octanol–water partition coefficient (Wildman–Crippen LogP) is 4.22. The quantitative estimate of drug-likeness (QED) is 0.656. The van der Waals surface area contributed by atoms with E-state index in [-0.39, 0.29) is 10.7 Å². The van der Waals surface area contributed by atoms with Crippen LogP contribution in [0.5, 0.6) is 0 Å². The number of ketones is 1. The first-order valence-electron chi connectivity index (χ1n) is 9.08. The number of primary sulfonamides is 1. The molecule has 0 aliphatic heterocycles. The molecule has 2 N–H and O–H groups in total. The molecule has 0 unspecified atom stereocenters. The van der Waals surface area contributed by atoms with Crippen LogP contribution < -0.4 is 5.14 Å². The standard InChI is InChI=1S/C22H24N2O3S/c1-5-19(25)22-20(16-10-12-18(13-11-16)28(23,26)27)15(3)21(24(22)4)17-8-6-14(2)7-9-17/h6-13H,5H2,1-4H3,(H2,23,26,27). The SMILES string of the molecule is CCC(=O)c1c(-c2ccc(S(N)(=O)=O)cc2)c(C)c(-c2ccc(C)cc2)n1C. The van der Waals surface area contributed by atoms with Crippen molar-refractivity contribution in [3.63, 3.8) is 0 Å². The molecule has 6 heteroatoms. The summed E-state index contributed by atoms with van der Waals surface area (Å²) in [6, 6.07) is 14.5. The van der Waals surface area contributed by atoms with Gasteiger partial charge < -0.3 is 4.57 Å². The fraction of sp³-hybridized carbons (Fsp3) is 0.227. The molecule has 5 nitrogen and oxygen atoms in total. The van der Waals surface area contributed by atoms with Gasteiger partial charge in [-0.25, -0.2) is 13.6 Å². The summed E-state index contributed by atoms with van der Waals surface area (Å²) in [5.74, 6) is 0.0366. The third-order valence-corrected chi connectivity index (χ3v) is 5.95. The predicted molar refractivity (Wildman–Crippen MR) is 112 cm³/mol. The summed E-state index contributed by atoms with van der Waals surface area (Å²) in [4.78, 5) is 12.8. The average Bonchev–Trinajstić information content (AvgIpc) is 2.92. The van der Waals surface area contributed by atoms with Crippen LogP contribution in [0.25, 0.3) is 22.4 Å². The van der Waals surface area contributed by atoms with E-state index in [1.807, 2.05) is 56.7 Å². The maximum Gasteiger partial charge on any atom is 0.238 e. The first-order chi connectivity index (χ1) is 13.1. The third-order valence-electron chi connectivity index (χ3n) is 5.02. The zero-order chi connectivity index (χ0) is 20.6. The van der Waals surface area contributed by atoms with E-state index in [2.05, 4.69) is 0 Å². The Labute approximate surface area is 165 Å². The highest BCUT2D eigenvalue weighted by atomic mass is 32.2. The molecule has 3 aromatic rings. The van der Waals surface area contributed by atoms with Crippen molar-refractivity contribution in [2.45, 2.75) is 32.1 Å². The zero-order valence-electron chi connectivity index (χ0n) is 16.5. The van der Waals surface area contributed by atoms with Crippen LogP contribution in [0.2, 0.25) is 0 Å². The van der Waals surface area contributed by atoms with Crippen LogP contribution in [0.4, 0.5) is 0 Å². The van der Waals surface area contributed by atoms with Crippen LogP contribution in [0.15, 0.2) is 53.4 Å². The molecule has 0 fully saturated rings. The number of aromatic nitrogens is 1. The summed E-state index contributed by atoms with van der Waals surface area (Å²) in [7, 11) is -1.87. The molecule has 0 amide bonds. The largest absolute Gasteiger partial charge is 0.340 e. The van der Waals surface area contributed by atoms with Gasteiger partial charge in [-0.15, -0.1) is 0 Å². The van der Waals surface area contributed by atoms with E-state index in [9.17, 15) is 13.2 Å². The zero-order valence-corrected chi connectivity index (χ0v) is 17.3. The molecule has 0 atom stereocenters. The molecule has 0 saturated heterocycles. The van der Waals surface area contributed by atoms with Crippen LogP contribution in [-0.2, 0) is 17.1 Å². The Bertz CT molecular complexity index is 1140. The molecule has 1 aromatic heterocycles. The smallest absolute Gasteiger partial charge is 0.238 e. The molecular weight excluding hydrogens is 372 g/mol. The van der Waals surface area contributed by atoms with E-state index in [0.29, 0.717) is 12.1 Å². The number of hydrogen-bond donors (Lipinski definition) is 1. The summed E-state index contributed by atoms with van der Waals surface area (Å²) >= 11 is 0. The lowest BCUT2D eigenvalue weighted by Crippen LogP contribution is -2.11. The molecule has 0 radical (unpaired) electrons. The minimum Gasteiger partial charge on any atom is -0.340 e. The summed E-state index contributed by atoms with van der Waals surface area (Å²) < 4.78 is 25.1. The minimum absolute atomic E-state index is 0.0366. The number of rotatable bonds is 5. The molecule has 28 heavy (non-hydrogen) atoms. The van der Waals surface area contributed by atoms with Gasteiger partial charge >= 0.3 is 0 Å². The van der Waals surface area contributed by atoms with Crippen molar-refractivity contribution in [3.8, 4) is 22.4 Å². The maximum atomic E-state index is 12.8. The number of hydrogen-bond acceptors (Lipinski definition) is 3. The van der Waals surface area contributed by atoms with E-state index in [1.165, 1.54) is 17.7 Å². The van der Waals surface area contributed by atoms with Crippen molar-refractivity contribution in [2.75, 3.05) is 0 Å².